The van der Waals surface area contributed by atoms with E-state index in [-0.39, 0.29) is 11.9 Å². The molecule has 0 fully saturated rings. The highest BCUT2D eigenvalue weighted by Gasteiger charge is 2.17. The molecule has 1 amide bonds. The van der Waals surface area contributed by atoms with Crippen LogP contribution in [0, 0.1) is 6.92 Å². The summed E-state index contributed by atoms with van der Waals surface area (Å²) in [6.07, 6.45) is 1.52. The SMILES string of the molecule is CCCCNC(=O)C(C)Oc1cc(C)ccc1[C@H](C)N. The number of ether oxygens (including phenoxy) is 1. The number of hydrogen-bond donors (Lipinski definition) is 2. The first-order valence-electron chi connectivity index (χ1n) is 7.26. The van der Waals surface area contributed by atoms with Crippen molar-refractivity contribution in [2.24, 2.45) is 5.73 Å². The summed E-state index contributed by atoms with van der Waals surface area (Å²) in [5.74, 6) is 0.605. The highest BCUT2D eigenvalue weighted by atomic mass is 16.5. The quantitative estimate of drug-likeness (QED) is 0.754. The molecule has 4 nitrogen and oxygen atoms in total. The van der Waals surface area contributed by atoms with Gasteiger partial charge in [-0.1, -0.05) is 25.5 Å². The summed E-state index contributed by atoms with van der Waals surface area (Å²) in [4.78, 5) is 11.9. The van der Waals surface area contributed by atoms with E-state index < -0.39 is 6.10 Å². The van der Waals surface area contributed by atoms with Crippen molar-refractivity contribution in [1.29, 1.82) is 0 Å². The molecule has 2 atom stereocenters. The molecule has 0 bridgehead atoms. The molecule has 0 heterocycles. The average molecular weight is 278 g/mol. The van der Waals surface area contributed by atoms with Crippen LogP contribution in [0.1, 0.15) is 50.8 Å². The Morgan fingerprint density at radius 3 is 2.70 bits per heavy atom. The first-order valence-corrected chi connectivity index (χ1v) is 7.26. The number of unbranched alkanes of at least 4 members (excludes halogenated alkanes) is 1. The first-order chi connectivity index (χ1) is 9.45. The van der Waals surface area contributed by atoms with Gasteiger partial charge < -0.3 is 15.8 Å². The number of rotatable bonds is 7. The van der Waals surface area contributed by atoms with Crippen LogP contribution >= 0.6 is 0 Å². The normalized spacial score (nSPS) is 13.7. The topological polar surface area (TPSA) is 64.3 Å². The van der Waals surface area contributed by atoms with Gasteiger partial charge in [0.05, 0.1) is 0 Å². The maximum Gasteiger partial charge on any atom is 0.260 e. The van der Waals surface area contributed by atoms with Crippen LogP contribution in [-0.2, 0) is 4.79 Å². The van der Waals surface area contributed by atoms with Crippen LogP contribution in [0.25, 0.3) is 0 Å². The van der Waals surface area contributed by atoms with Crippen molar-refractivity contribution in [3.8, 4) is 5.75 Å². The van der Waals surface area contributed by atoms with Crippen molar-refractivity contribution in [2.45, 2.75) is 52.7 Å². The van der Waals surface area contributed by atoms with Crippen LogP contribution in [-0.4, -0.2) is 18.6 Å². The average Bonchev–Trinajstić information content (AvgIpc) is 2.38. The fourth-order valence-electron chi connectivity index (χ4n) is 1.90. The molecule has 0 aliphatic rings. The highest BCUT2D eigenvalue weighted by Crippen LogP contribution is 2.26. The minimum atomic E-state index is -0.522. The van der Waals surface area contributed by atoms with E-state index in [0.717, 1.165) is 24.0 Å². The zero-order valence-corrected chi connectivity index (χ0v) is 12.9. The van der Waals surface area contributed by atoms with Crippen molar-refractivity contribution >= 4 is 5.91 Å². The van der Waals surface area contributed by atoms with Crippen LogP contribution in [0.15, 0.2) is 18.2 Å². The molecule has 0 saturated carbocycles. The van der Waals surface area contributed by atoms with Gasteiger partial charge in [-0.25, -0.2) is 0 Å². The lowest BCUT2D eigenvalue weighted by Crippen LogP contribution is -2.37. The Morgan fingerprint density at radius 1 is 1.40 bits per heavy atom. The van der Waals surface area contributed by atoms with Crippen molar-refractivity contribution < 1.29 is 9.53 Å². The maximum atomic E-state index is 11.9. The van der Waals surface area contributed by atoms with Gasteiger partial charge in [-0.2, -0.15) is 0 Å². The standard InChI is InChI=1S/C16H26N2O2/c1-5-6-9-18-16(19)13(4)20-15-10-11(2)7-8-14(15)12(3)17/h7-8,10,12-13H,5-6,9,17H2,1-4H3,(H,18,19)/t12-,13?/m0/s1. The number of aryl methyl sites for hydroxylation is 1. The molecule has 112 valence electrons. The van der Waals surface area contributed by atoms with E-state index in [4.69, 9.17) is 10.5 Å². The molecular formula is C16H26N2O2. The molecule has 1 aromatic carbocycles. The lowest BCUT2D eigenvalue weighted by atomic mass is 10.1. The number of hydrogen-bond acceptors (Lipinski definition) is 3. The Labute approximate surface area is 121 Å². The predicted molar refractivity (Wildman–Crippen MR) is 81.8 cm³/mol. The number of nitrogens with one attached hydrogen (secondary N) is 1. The molecule has 1 aromatic rings. The molecule has 0 aliphatic carbocycles. The molecule has 0 spiro atoms. The number of amides is 1. The first kappa shape index (κ1) is 16.5. The van der Waals surface area contributed by atoms with Crippen LogP contribution in [0.3, 0.4) is 0 Å². The number of carbonyl (C=O) groups excluding carboxylic acids is 1. The van der Waals surface area contributed by atoms with Gasteiger partial charge in [-0.05, 0) is 38.8 Å². The second kappa shape index (κ2) is 7.90. The van der Waals surface area contributed by atoms with Crippen molar-refractivity contribution in [1.82, 2.24) is 5.32 Å². The van der Waals surface area contributed by atoms with E-state index in [9.17, 15) is 4.79 Å². The Morgan fingerprint density at radius 2 is 2.10 bits per heavy atom. The van der Waals surface area contributed by atoms with Crippen LogP contribution in [0.5, 0.6) is 5.75 Å². The van der Waals surface area contributed by atoms with Gasteiger partial charge in [0.1, 0.15) is 5.75 Å². The fraction of sp³-hybridized carbons (Fsp3) is 0.562. The third-order valence-corrected chi connectivity index (χ3v) is 3.16. The summed E-state index contributed by atoms with van der Waals surface area (Å²) in [6.45, 7) is 8.44. The summed E-state index contributed by atoms with van der Waals surface area (Å²) < 4.78 is 5.79. The number of carbonyl (C=O) groups is 1. The minimum Gasteiger partial charge on any atom is -0.481 e. The molecule has 1 rings (SSSR count). The van der Waals surface area contributed by atoms with E-state index in [1.54, 1.807) is 6.92 Å². The van der Waals surface area contributed by atoms with Gasteiger partial charge >= 0.3 is 0 Å². The smallest absolute Gasteiger partial charge is 0.260 e. The summed E-state index contributed by atoms with van der Waals surface area (Å²) >= 11 is 0. The Balaban J connectivity index is 2.71. The monoisotopic (exact) mass is 278 g/mol. The zero-order chi connectivity index (χ0) is 15.1. The molecule has 0 saturated heterocycles. The van der Waals surface area contributed by atoms with Gasteiger partial charge in [-0.3, -0.25) is 4.79 Å². The van der Waals surface area contributed by atoms with Crippen molar-refractivity contribution in [3.63, 3.8) is 0 Å². The Bertz CT molecular complexity index is 444. The third kappa shape index (κ3) is 4.85. The van der Waals surface area contributed by atoms with Gasteiger partial charge in [-0.15, -0.1) is 0 Å². The summed E-state index contributed by atoms with van der Waals surface area (Å²) in [6, 6.07) is 5.75. The molecular weight excluding hydrogens is 252 g/mol. The van der Waals surface area contributed by atoms with Gasteiger partial charge in [0.15, 0.2) is 6.10 Å². The molecule has 3 N–H and O–H groups in total. The summed E-state index contributed by atoms with van der Waals surface area (Å²) in [5.41, 5.74) is 7.94. The zero-order valence-electron chi connectivity index (χ0n) is 12.9. The lowest BCUT2D eigenvalue weighted by molar-refractivity contribution is -0.127. The molecule has 4 heteroatoms. The van der Waals surface area contributed by atoms with E-state index in [0.29, 0.717) is 12.3 Å². The van der Waals surface area contributed by atoms with E-state index >= 15 is 0 Å². The Kier molecular flexibility index (Phi) is 6.52. The van der Waals surface area contributed by atoms with Crippen LogP contribution in [0.4, 0.5) is 0 Å². The van der Waals surface area contributed by atoms with E-state index in [1.165, 1.54) is 0 Å². The lowest BCUT2D eigenvalue weighted by Gasteiger charge is -2.19. The molecule has 20 heavy (non-hydrogen) atoms. The third-order valence-electron chi connectivity index (χ3n) is 3.16. The molecule has 0 aromatic heterocycles. The van der Waals surface area contributed by atoms with Gasteiger partial charge in [0.25, 0.3) is 5.91 Å². The summed E-state index contributed by atoms with van der Waals surface area (Å²) in [7, 11) is 0. The van der Waals surface area contributed by atoms with Crippen LogP contribution < -0.4 is 15.8 Å². The van der Waals surface area contributed by atoms with Crippen LogP contribution in [0.2, 0.25) is 0 Å². The highest BCUT2D eigenvalue weighted by molar-refractivity contribution is 5.80. The number of benzene rings is 1. The largest absolute Gasteiger partial charge is 0.481 e. The fourth-order valence-corrected chi connectivity index (χ4v) is 1.90. The number of nitrogens with two attached hydrogens (primary N) is 1. The molecule has 0 aliphatic heterocycles. The summed E-state index contributed by atoms with van der Waals surface area (Å²) in [5, 5.41) is 2.87. The predicted octanol–water partition coefficient (Wildman–Crippen LogP) is 2.70. The van der Waals surface area contributed by atoms with E-state index in [1.807, 2.05) is 32.0 Å². The second-order valence-electron chi connectivity index (χ2n) is 5.23. The molecule has 0 radical (unpaired) electrons. The van der Waals surface area contributed by atoms with E-state index in [2.05, 4.69) is 12.2 Å². The maximum absolute atomic E-state index is 11.9. The minimum absolute atomic E-state index is 0.0874. The second-order valence-corrected chi connectivity index (χ2v) is 5.23. The van der Waals surface area contributed by atoms with Crippen molar-refractivity contribution in [3.05, 3.63) is 29.3 Å². The van der Waals surface area contributed by atoms with Crippen molar-refractivity contribution in [2.75, 3.05) is 6.54 Å². The molecule has 1 unspecified atom stereocenters. The van der Waals surface area contributed by atoms with Gasteiger partial charge in [0.2, 0.25) is 0 Å². The Hall–Kier alpha value is -1.55. The van der Waals surface area contributed by atoms with Gasteiger partial charge in [0, 0.05) is 18.2 Å².